The van der Waals surface area contributed by atoms with Crippen molar-refractivity contribution in [1.82, 2.24) is 0 Å². The number of halogens is 1. The highest BCUT2D eigenvalue weighted by atomic mass is 19.1. The molecule has 0 saturated heterocycles. The van der Waals surface area contributed by atoms with E-state index in [9.17, 15) is 18.8 Å². The Morgan fingerprint density at radius 1 is 1.00 bits per heavy atom. The van der Waals surface area contributed by atoms with Gasteiger partial charge in [-0.3, -0.25) is 14.4 Å². The Labute approximate surface area is 195 Å². The first-order chi connectivity index (χ1) is 16.4. The fourth-order valence-corrected chi connectivity index (χ4v) is 3.93. The Balaban J connectivity index is 1.36. The Hall–Kier alpha value is -4.20. The molecule has 0 aromatic heterocycles. The van der Waals surface area contributed by atoms with Gasteiger partial charge < -0.3 is 20.1 Å². The molecule has 174 valence electrons. The van der Waals surface area contributed by atoms with Crippen molar-refractivity contribution in [3.63, 3.8) is 0 Å². The monoisotopic (exact) mass is 462 g/mol. The minimum absolute atomic E-state index is 0.195. The third kappa shape index (κ3) is 4.76. The van der Waals surface area contributed by atoms with Crippen molar-refractivity contribution in [2.24, 2.45) is 0 Å². The lowest BCUT2D eigenvalue weighted by atomic mass is 10.0. The van der Waals surface area contributed by atoms with E-state index in [1.807, 2.05) is 0 Å². The van der Waals surface area contributed by atoms with Crippen molar-refractivity contribution in [3.05, 3.63) is 83.2 Å². The van der Waals surface area contributed by atoms with Gasteiger partial charge in [0.15, 0.2) is 12.4 Å². The normalized spacial score (nSPS) is 14.3. The van der Waals surface area contributed by atoms with E-state index in [1.54, 1.807) is 55.5 Å². The Morgan fingerprint density at radius 3 is 2.47 bits per heavy atom. The number of amides is 2. The highest BCUT2D eigenvalue weighted by molar-refractivity contribution is 6.05. The molecule has 2 amide bonds. The fourth-order valence-electron chi connectivity index (χ4n) is 3.93. The average molecular weight is 462 g/mol. The van der Waals surface area contributed by atoms with Crippen LogP contribution < -0.4 is 20.1 Å². The maximum Gasteiger partial charge on any atom is 0.262 e. The smallest absolute Gasteiger partial charge is 0.262 e. The van der Waals surface area contributed by atoms with E-state index in [0.29, 0.717) is 28.3 Å². The number of carbonyl (C=O) groups excluding carboxylic acids is 3. The first-order valence-electron chi connectivity index (χ1n) is 10.7. The summed E-state index contributed by atoms with van der Waals surface area (Å²) in [6.45, 7) is 1.43. The van der Waals surface area contributed by atoms with Gasteiger partial charge >= 0.3 is 0 Å². The maximum atomic E-state index is 14.1. The molecular weight excluding hydrogens is 439 g/mol. The summed E-state index contributed by atoms with van der Waals surface area (Å²) in [5, 5.41) is 5.45. The third-order valence-corrected chi connectivity index (χ3v) is 5.56. The van der Waals surface area contributed by atoms with Gasteiger partial charge in [0.25, 0.3) is 11.8 Å². The summed E-state index contributed by atoms with van der Waals surface area (Å²) in [4.78, 5) is 37.1. The van der Waals surface area contributed by atoms with Crippen molar-refractivity contribution in [3.8, 4) is 11.5 Å². The standard InChI is InChI=1S/C26H23FN2O5/c1-15-13-20(30)25-22(12-11-18(27)24(15)25)34-14-23(31)28-17-9-7-16(8-10-17)26(32)29-19-5-3-4-6-21(19)33-2/h3-12,15H,13-14H2,1-2H3,(H,28,31)(H,29,32)/t15-/m0/s1. The molecule has 34 heavy (non-hydrogen) atoms. The quantitative estimate of drug-likeness (QED) is 0.526. The van der Waals surface area contributed by atoms with Gasteiger partial charge in [0.2, 0.25) is 0 Å². The Bertz CT molecular complexity index is 1260. The number of fused-ring (bicyclic) bond motifs is 1. The molecule has 0 bridgehead atoms. The van der Waals surface area contributed by atoms with Gasteiger partial charge in [0.05, 0.1) is 18.4 Å². The molecule has 4 rings (SSSR count). The van der Waals surface area contributed by atoms with Crippen molar-refractivity contribution >= 4 is 29.0 Å². The molecule has 0 heterocycles. The van der Waals surface area contributed by atoms with E-state index in [-0.39, 0.29) is 41.9 Å². The van der Waals surface area contributed by atoms with Crippen LogP contribution in [0.25, 0.3) is 0 Å². The van der Waals surface area contributed by atoms with Crippen LogP contribution >= 0.6 is 0 Å². The second-order valence-electron chi connectivity index (χ2n) is 7.93. The molecule has 3 aromatic rings. The van der Waals surface area contributed by atoms with E-state index in [4.69, 9.17) is 9.47 Å². The summed E-state index contributed by atoms with van der Waals surface area (Å²) in [6.07, 6.45) is 0.218. The van der Waals surface area contributed by atoms with Crippen LogP contribution in [-0.4, -0.2) is 31.3 Å². The van der Waals surface area contributed by atoms with E-state index in [1.165, 1.54) is 19.2 Å². The topological polar surface area (TPSA) is 93.7 Å². The van der Waals surface area contributed by atoms with Crippen LogP contribution in [0.1, 0.15) is 45.5 Å². The number of benzene rings is 3. The molecule has 2 N–H and O–H groups in total. The number of carbonyl (C=O) groups is 3. The van der Waals surface area contributed by atoms with Crippen LogP contribution in [-0.2, 0) is 4.79 Å². The van der Waals surface area contributed by atoms with Gasteiger partial charge in [-0.2, -0.15) is 0 Å². The molecule has 7 nitrogen and oxygen atoms in total. The molecular formula is C26H23FN2O5. The van der Waals surface area contributed by atoms with Gasteiger partial charge in [-0.25, -0.2) is 4.39 Å². The highest BCUT2D eigenvalue weighted by Gasteiger charge is 2.32. The lowest BCUT2D eigenvalue weighted by Crippen LogP contribution is -2.21. The predicted molar refractivity (Wildman–Crippen MR) is 125 cm³/mol. The number of nitrogens with one attached hydrogen (secondary N) is 2. The van der Waals surface area contributed by atoms with Crippen LogP contribution in [0.5, 0.6) is 11.5 Å². The molecule has 0 fully saturated rings. The molecule has 0 spiro atoms. The number of ether oxygens (including phenoxy) is 2. The maximum absolute atomic E-state index is 14.1. The van der Waals surface area contributed by atoms with Crippen molar-refractivity contribution in [2.45, 2.75) is 19.3 Å². The SMILES string of the molecule is COc1ccccc1NC(=O)c1ccc(NC(=O)COc2ccc(F)c3c2C(=O)C[C@@H]3C)cc1. The molecule has 0 radical (unpaired) electrons. The molecule has 0 unspecified atom stereocenters. The van der Waals surface area contributed by atoms with Crippen molar-refractivity contribution < 1.29 is 28.2 Å². The van der Waals surface area contributed by atoms with Gasteiger partial charge in [0, 0.05) is 23.2 Å². The number of hydrogen-bond acceptors (Lipinski definition) is 5. The summed E-state index contributed by atoms with van der Waals surface area (Å²) in [7, 11) is 1.52. The summed E-state index contributed by atoms with van der Waals surface area (Å²) in [6, 6.07) is 16.0. The average Bonchev–Trinajstić information content (AvgIpc) is 3.14. The van der Waals surface area contributed by atoms with Gasteiger partial charge in [-0.1, -0.05) is 19.1 Å². The molecule has 8 heteroatoms. The number of methoxy groups -OCH3 is 1. The highest BCUT2D eigenvalue weighted by Crippen LogP contribution is 2.39. The van der Waals surface area contributed by atoms with Crippen LogP contribution in [0.2, 0.25) is 0 Å². The summed E-state index contributed by atoms with van der Waals surface area (Å²) < 4.78 is 24.9. The zero-order chi connectivity index (χ0) is 24.2. The summed E-state index contributed by atoms with van der Waals surface area (Å²) in [5.74, 6) is -0.900. The molecule has 1 atom stereocenters. The van der Waals surface area contributed by atoms with Crippen LogP contribution in [0.4, 0.5) is 15.8 Å². The largest absolute Gasteiger partial charge is 0.495 e. The minimum Gasteiger partial charge on any atom is -0.495 e. The van der Waals surface area contributed by atoms with Crippen molar-refractivity contribution in [2.75, 3.05) is 24.4 Å². The predicted octanol–water partition coefficient (Wildman–Crippen LogP) is 4.79. The van der Waals surface area contributed by atoms with Crippen LogP contribution in [0.3, 0.4) is 0 Å². The second kappa shape index (κ2) is 9.74. The lowest BCUT2D eigenvalue weighted by molar-refractivity contribution is -0.118. The van der Waals surface area contributed by atoms with Gasteiger partial charge in [0.1, 0.15) is 17.3 Å². The number of rotatable bonds is 7. The lowest BCUT2D eigenvalue weighted by Gasteiger charge is -2.12. The number of ketones is 1. The van der Waals surface area contributed by atoms with Crippen LogP contribution in [0.15, 0.2) is 60.7 Å². The van der Waals surface area contributed by atoms with E-state index in [2.05, 4.69) is 10.6 Å². The molecule has 0 saturated carbocycles. The molecule has 1 aliphatic rings. The molecule has 0 aliphatic heterocycles. The third-order valence-electron chi connectivity index (χ3n) is 5.56. The first-order valence-corrected chi connectivity index (χ1v) is 10.7. The number of hydrogen-bond donors (Lipinski definition) is 2. The summed E-state index contributed by atoms with van der Waals surface area (Å²) >= 11 is 0. The van der Waals surface area contributed by atoms with Crippen molar-refractivity contribution in [1.29, 1.82) is 0 Å². The fraction of sp³-hybridized carbons (Fsp3) is 0.192. The Kier molecular flexibility index (Phi) is 6.58. The van der Waals surface area contributed by atoms with E-state index in [0.717, 1.165) is 0 Å². The molecule has 1 aliphatic carbocycles. The second-order valence-corrected chi connectivity index (χ2v) is 7.93. The van der Waals surface area contributed by atoms with E-state index >= 15 is 0 Å². The molecule has 3 aromatic carbocycles. The van der Waals surface area contributed by atoms with E-state index < -0.39 is 11.7 Å². The first kappa shape index (κ1) is 23.0. The van der Waals surface area contributed by atoms with Gasteiger partial charge in [-0.05, 0) is 54.4 Å². The Morgan fingerprint density at radius 2 is 1.74 bits per heavy atom. The van der Waals surface area contributed by atoms with Crippen LogP contribution in [0, 0.1) is 5.82 Å². The van der Waals surface area contributed by atoms with Gasteiger partial charge in [-0.15, -0.1) is 0 Å². The zero-order valence-electron chi connectivity index (χ0n) is 18.7. The minimum atomic E-state index is -0.456. The number of Topliss-reactive ketones (excluding diaryl/α,β-unsaturated/α-hetero) is 1. The zero-order valence-corrected chi connectivity index (χ0v) is 18.7. The number of para-hydroxylation sites is 2. The summed E-state index contributed by atoms with van der Waals surface area (Å²) in [5.41, 5.74) is 1.96. The number of anilines is 2.